The van der Waals surface area contributed by atoms with Gasteiger partial charge in [0.2, 0.25) is 0 Å². The molecule has 0 heterocycles. The molecule has 2 heteroatoms. The van der Waals surface area contributed by atoms with Gasteiger partial charge in [-0.1, -0.05) is 41.0 Å². The molecule has 0 amide bonds. The summed E-state index contributed by atoms with van der Waals surface area (Å²) in [4.78, 5) is 23.1. The van der Waals surface area contributed by atoms with Crippen molar-refractivity contribution in [2.45, 2.75) is 73.1 Å². The maximum atomic E-state index is 11.6. The Hall–Kier alpha value is -0.660. The van der Waals surface area contributed by atoms with Crippen LogP contribution in [-0.2, 0) is 9.59 Å². The first-order valence-corrected chi connectivity index (χ1v) is 6.78. The zero-order chi connectivity index (χ0) is 13.5. The fourth-order valence-corrected chi connectivity index (χ4v) is 1.72. The Morgan fingerprint density at radius 3 is 1.94 bits per heavy atom. The molecule has 0 saturated heterocycles. The van der Waals surface area contributed by atoms with Crippen molar-refractivity contribution >= 4 is 11.6 Å². The molecule has 0 bridgehead atoms. The van der Waals surface area contributed by atoms with Crippen molar-refractivity contribution in [2.24, 2.45) is 11.3 Å². The van der Waals surface area contributed by atoms with E-state index in [2.05, 4.69) is 13.8 Å². The van der Waals surface area contributed by atoms with Gasteiger partial charge in [0.15, 0.2) is 0 Å². The highest BCUT2D eigenvalue weighted by molar-refractivity contribution is 5.83. The van der Waals surface area contributed by atoms with Gasteiger partial charge in [-0.2, -0.15) is 0 Å². The monoisotopic (exact) mass is 240 g/mol. The van der Waals surface area contributed by atoms with Gasteiger partial charge in [-0.3, -0.25) is 9.59 Å². The lowest BCUT2D eigenvalue weighted by atomic mass is 9.87. The summed E-state index contributed by atoms with van der Waals surface area (Å²) >= 11 is 0. The van der Waals surface area contributed by atoms with E-state index in [9.17, 15) is 9.59 Å². The van der Waals surface area contributed by atoms with E-state index in [1.54, 1.807) is 0 Å². The topological polar surface area (TPSA) is 34.1 Å². The molecular formula is C15H28O2. The Balaban J connectivity index is 3.54. The molecule has 100 valence electrons. The lowest BCUT2D eigenvalue weighted by molar-refractivity contribution is -0.126. The molecule has 0 radical (unpaired) electrons. The van der Waals surface area contributed by atoms with Crippen LogP contribution in [0.3, 0.4) is 0 Å². The molecule has 0 aromatic heterocycles. The van der Waals surface area contributed by atoms with E-state index < -0.39 is 0 Å². The van der Waals surface area contributed by atoms with E-state index in [0.29, 0.717) is 36.7 Å². The van der Waals surface area contributed by atoms with E-state index in [-0.39, 0.29) is 5.41 Å². The average molecular weight is 240 g/mol. The van der Waals surface area contributed by atoms with Crippen LogP contribution in [0.1, 0.15) is 73.1 Å². The second-order valence-corrected chi connectivity index (χ2v) is 6.37. The van der Waals surface area contributed by atoms with Gasteiger partial charge in [-0.25, -0.2) is 0 Å². The lowest BCUT2D eigenvalue weighted by Crippen LogP contribution is -2.19. The van der Waals surface area contributed by atoms with Gasteiger partial charge in [0, 0.05) is 24.7 Å². The van der Waals surface area contributed by atoms with Crippen molar-refractivity contribution in [3.8, 4) is 0 Å². The highest BCUT2D eigenvalue weighted by atomic mass is 16.1. The third kappa shape index (κ3) is 9.08. The SMILES string of the molecule is CC(C)CC(=O)CCCCCC(=O)C(C)(C)C. The lowest BCUT2D eigenvalue weighted by Gasteiger charge is -2.16. The van der Waals surface area contributed by atoms with Crippen LogP contribution in [0, 0.1) is 11.3 Å². The van der Waals surface area contributed by atoms with Gasteiger partial charge in [0.05, 0.1) is 0 Å². The number of hydrogen-bond acceptors (Lipinski definition) is 2. The van der Waals surface area contributed by atoms with E-state index >= 15 is 0 Å². The number of unbranched alkanes of at least 4 members (excludes halogenated alkanes) is 2. The maximum Gasteiger partial charge on any atom is 0.138 e. The molecule has 0 N–H and O–H groups in total. The van der Waals surface area contributed by atoms with Crippen LogP contribution in [0.5, 0.6) is 0 Å². The summed E-state index contributed by atoms with van der Waals surface area (Å²) in [7, 11) is 0. The van der Waals surface area contributed by atoms with Crippen LogP contribution in [0.4, 0.5) is 0 Å². The molecule has 0 atom stereocenters. The smallest absolute Gasteiger partial charge is 0.138 e. The van der Waals surface area contributed by atoms with Gasteiger partial charge in [-0.15, -0.1) is 0 Å². The zero-order valence-electron chi connectivity index (χ0n) is 12.1. The van der Waals surface area contributed by atoms with Crippen molar-refractivity contribution in [2.75, 3.05) is 0 Å². The predicted molar refractivity (Wildman–Crippen MR) is 72.0 cm³/mol. The predicted octanol–water partition coefficient (Wildman–Crippen LogP) is 4.17. The number of carbonyl (C=O) groups is 2. The van der Waals surface area contributed by atoms with Crippen molar-refractivity contribution < 1.29 is 9.59 Å². The summed E-state index contributed by atoms with van der Waals surface area (Å²) < 4.78 is 0. The van der Waals surface area contributed by atoms with E-state index in [4.69, 9.17) is 0 Å². The van der Waals surface area contributed by atoms with Crippen LogP contribution in [0.15, 0.2) is 0 Å². The minimum Gasteiger partial charge on any atom is -0.300 e. The molecule has 0 spiro atoms. The standard InChI is InChI=1S/C15H28O2/c1-12(2)11-13(16)9-7-6-8-10-14(17)15(3,4)5/h12H,6-11H2,1-5H3. The van der Waals surface area contributed by atoms with E-state index in [1.165, 1.54) is 0 Å². The number of hydrogen-bond donors (Lipinski definition) is 0. The van der Waals surface area contributed by atoms with Gasteiger partial charge >= 0.3 is 0 Å². The van der Waals surface area contributed by atoms with Gasteiger partial charge in [0.25, 0.3) is 0 Å². The molecule has 0 unspecified atom stereocenters. The van der Waals surface area contributed by atoms with Crippen LogP contribution in [0.2, 0.25) is 0 Å². The average Bonchev–Trinajstić information content (AvgIpc) is 2.14. The normalized spacial score (nSPS) is 11.9. The fraction of sp³-hybridized carbons (Fsp3) is 0.867. The van der Waals surface area contributed by atoms with Gasteiger partial charge in [-0.05, 0) is 18.8 Å². The fourth-order valence-electron chi connectivity index (χ4n) is 1.72. The first-order valence-electron chi connectivity index (χ1n) is 6.78. The first kappa shape index (κ1) is 16.3. The molecule has 0 aromatic rings. The van der Waals surface area contributed by atoms with E-state index in [1.807, 2.05) is 20.8 Å². The second kappa shape index (κ2) is 7.62. The summed E-state index contributed by atoms with van der Waals surface area (Å²) in [6.45, 7) is 10.0. The quantitative estimate of drug-likeness (QED) is 0.597. The summed E-state index contributed by atoms with van der Waals surface area (Å²) in [5.41, 5.74) is -0.215. The molecule has 2 nitrogen and oxygen atoms in total. The Kier molecular flexibility index (Phi) is 7.33. The summed E-state index contributed by atoms with van der Waals surface area (Å²) in [5, 5.41) is 0. The Morgan fingerprint density at radius 1 is 0.941 bits per heavy atom. The van der Waals surface area contributed by atoms with Gasteiger partial charge < -0.3 is 0 Å². The minimum absolute atomic E-state index is 0.215. The summed E-state index contributed by atoms with van der Waals surface area (Å²) in [6, 6.07) is 0. The largest absolute Gasteiger partial charge is 0.300 e. The molecule has 0 rings (SSSR count). The molecule has 0 saturated carbocycles. The maximum absolute atomic E-state index is 11.6. The van der Waals surface area contributed by atoms with Crippen molar-refractivity contribution in [1.82, 2.24) is 0 Å². The van der Waals surface area contributed by atoms with Crippen LogP contribution >= 0.6 is 0 Å². The van der Waals surface area contributed by atoms with Crippen molar-refractivity contribution in [1.29, 1.82) is 0 Å². The number of rotatable bonds is 8. The third-order valence-electron chi connectivity index (χ3n) is 2.83. The van der Waals surface area contributed by atoms with Crippen molar-refractivity contribution in [3.05, 3.63) is 0 Å². The third-order valence-corrected chi connectivity index (χ3v) is 2.83. The van der Waals surface area contributed by atoms with Crippen molar-refractivity contribution in [3.63, 3.8) is 0 Å². The minimum atomic E-state index is -0.215. The van der Waals surface area contributed by atoms with Gasteiger partial charge in [0.1, 0.15) is 11.6 Å². The highest BCUT2D eigenvalue weighted by Gasteiger charge is 2.19. The summed E-state index contributed by atoms with van der Waals surface area (Å²) in [6.07, 6.45) is 4.88. The Morgan fingerprint density at radius 2 is 1.47 bits per heavy atom. The molecule has 0 aliphatic heterocycles. The zero-order valence-corrected chi connectivity index (χ0v) is 12.1. The number of ketones is 2. The number of Topliss-reactive ketones (excluding diaryl/α,β-unsaturated/α-hetero) is 2. The molecule has 0 aliphatic rings. The second-order valence-electron chi connectivity index (χ2n) is 6.37. The van der Waals surface area contributed by atoms with Crippen LogP contribution in [0.25, 0.3) is 0 Å². The summed E-state index contributed by atoms with van der Waals surface area (Å²) in [5.74, 6) is 1.15. The molecule has 0 aromatic carbocycles. The van der Waals surface area contributed by atoms with Crippen LogP contribution in [-0.4, -0.2) is 11.6 Å². The molecular weight excluding hydrogens is 212 g/mol. The first-order chi connectivity index (χ1) is 7.73. The Bertz CT molecular complexity index is 246. The Labute approximate surface area is 106 Å². The van der Waals surface area contributed by atoms with E-state index in [0.717, 1.165) is 19.3 Å². The highest BCUT2D eigenvalue weighted by Crippen LogP contribution is 2.19. The molecule has 17 heavy (non-hydrogen) atoms. The number of carbonyl (C=O) groups excluding carboxylic acids is 2. The molecule has 0 fully saturated rings. The van der Waals surface area contributed by atoms with Crippen LogP contribution < -0.4 is 0 Å². The molecule has 0 aliphatic carbocycles.